The highest BCUT2D eigenvalue weighted by molar-refractivity contribution is 6.31. The Hall–Kier alpha value is -1.46. The Morgan fingerprint density at radius 1 is 1.29 bits per heavy atom. The van der Waals surface area contributed by atoms with Crippen LogP contribution in [-0.4, -0.2) is 38.0 Å². The topological polar surface area (TPSA) is 50.8 Å². The first-order valence-corrected chi connectivity index (χ1v) is 7.34. The average Bonchev–Trinajstić information content (AvgIpc) is 2.36. The van der Waals surface area contributed by atoms with Crippen molar-refractivity contribution in [2.45, 2.75) is 26.4 Å². The van der Waals surface area contributed by atoms with Crippen LogP contribution in [0.5, 0.6) is 0 Å². The van der Waals surface area contributed by atoms with Crippen molar-refractivity contribution in [2.24, 2.45) is 0 Å². The summed E-state index contributed by atoms with van der Waals surface area (Å²) in [6.45, 7) is 8.48. The van der Waals surface area contributed by atoms with E-state index in [1.54, 1.807) is 6.07 Å². The lowest BCUT2D eigenvalue weighted by Gasteiger charge is -2.29. The highest BCUT2D eigenvalue weighted by atomic mass is 35.5. The number of hydrogen-bond donors (Lipinski definition) is 1. The molecule has 6 heteroatoms. The van der Waals surface area contributed by atoms with Crippen molar-refractivity contribution in [3.63, 3.8) is 0 Å². The van der Waals surface area contributed by atoms with Gasteiger partial charge in [0, 0.05) is 29.5 Å². The molecule has 1 aliphatic rings. The van der Waals surface area contributed by atoms with Crippen molar-refractivity contribution in [1.29, 1.82) is 0 Å². The van der Waals surface area contributed by atoms with E-state index < -0.39 is 11.7 Å². The second kappa shape index (κ2) is 6.54. The molecule has 0 bridgehead atoms. The molecule has 0 unspecified atom stereocenters. The Labute approximate surface area is 130 Å². The Morgan fingerprint density at radius 3 is 2.57 bits per heavy atom. The third-order valence-corrected chi connectivity index (χ3v) is 3.12. The molecule has 5 nitrogen and oxygen atoms in total. The summed E-state index contributed by atoms with van der Waals surface area (Å²) in [6, 6.07) is 5.48. The van der Waals surface area contributed by atoms with Crippen LogP contribution in [0.4, 0.5) is 16.2 Å². The van der Waals surface area contributed by atoms with E-state index in [4.69, 9.17) is 21.1 Å². The van der Waals surface area contributed by atoms with Crippen LogP contribution in [-0.2, 0) is 9.47 Å². The van der Waals surface area contributed by atoms with Crippen LogP contribution in [0.3, 0.4) is 0 Å². The van der Waals surface area contributed by atoms with Gasteiger partial charge in [0.25, 0.3) is 0 Å². The summed E-state index contributed by atoms with van der Waals surface area (Å²) in [7, 11) is 0. The van der Waals surface area contributed by atoms with Gasteiger partial charge in [-0.25, -0.2) is 4.79 Å². The molecule has 1 aliphatic heterocycles. The van der Waals surface area contributed by atoms with Crippen LogP contribution in [0.1, 0.15) is 20.8 Å². The highest BCUT2D eigenvalue weighted by Crippen LogP contribution is 2.26. The lowest BCUT2D eigenvalue weighted by atomic mass is 10.2. The van der Waals surface area contributed by atoms with Crippen molar-refractivity contribution in [3.05, 3.63) is 23.2 Å². The minimum atomic E-state index is -0.532. The number of carbonyl (C=O) groups excluding carboxylic acids is 1. The average molecular weight is 313 g/mol. The second-order valence-corrected chi connectivity index (χ2v) is 6.36. The van der Waals surface area contributed by atoms with Crippen molar-refractivity contribution < 1.29 is 14.3 Å². The lowest BCUT2D eigenvalue weighted by molar-refractivity contribution is 0.0636. The van der Waals surface area contributed by atoms with Crippen molar-refractivity contribution in [1.82, 2.24) is 0 Å². The van der Waals surface area contributed by atoms with Crippen LogP contribution in [0.25, 0.3) is 0 Å². The molecule has 21 heavy (non-hydrogen) atoms. The molecule has 1 aromatic carbocycles. The predicted molar refractivity (Wildman–Crippen MR) is 84.3 cm³/mol. The third kappa shape index (κ3) is 5.10. The monoisotopic (exact) mass is 312 g/mol. The predicted octanol–water partition coefficient (Wildman–Crippen LogP) is 3.52. The zero-order valence-corrected chi connectivity index (χ0v) is 13.4. The number of anilines is 2. The van der Waals surface area contributed by atoms with E-state index in [-0.39, 0.29) is 0 Å². The van der Waals surface area contributed by atoms with Gasteiger partial charge in [0.2, 0.25) is 0 Å². The number of morpholine rings is 1. The SMILES string of the molecule is CC(C)(C)OC(=O)Nc1cc(Cl)cc(N2CCOCC2)c1. The fourth-order valence-electron chi connectivity index (χ4n) is 2.07. The van der Waals surface area contributed by atoms with Gasteiger partial charge in [-0.1, -0.05) is 11.6 Å². The first-order valence-electron chi connectivity index (χ1n) is 6.97. The molecule has 0 spiro atoms. The third-order valence-electron chi connectivity index (χ3n) is 2.90. The Kier molecular flexibility index (Phi) is 4.96. The number of nitrogens with one attached hydrogen (secondary N) is 1. The van der Waals surface area contributed by atoms with Gasteiger partial charge in [0.15, 0.2) is 0 Å². The summed E-state index contributed by atoms with van der Waals surface area (Å²) in [5.41, 5.74) is 1.06. The van der Waals surface area contributed by atoms with Gasteiger partial charge < -0.3 is 14.4 Å². The van der Waals surface area contributed by atoms with Gasteiger partial charge in [-0.05, 0) is 39.0 Å². The van der Waals surface area contributed by atoms with E-state index in [1.165, 1.54) is 0 Å². The minimum Gasteiger partial charge on any atom is -0.444 e. The summed E-state index contributed by atoms with van der Waals surface area (Å²) in [6.07, 6.45) is -0.488. The molecule has 116 valence electrons. The van der Waals surface area contributed by atoms with Crippen molar-refractivity contribution >= 4 is 29.1 Å². The number of carbonyl (C=O) groups is 1. The normalized spacial score (nSPS) is 15.7. The molecule has 1 amide bonds. The fourth-order valence-corrected chi connectivity index (χ4v) is 2.30. The van der Waals surface area contributed by atoms with Crippen molar-refractivity contribution in [3.8, 4) is 0 Å². The number of benzene rings is 1. The van der Waals surface area contributed by atoms with Gasteiger partial charge in [-0.15, -0.1) is 0 Å². The molecule has 0 atom stereocenters. The van der Waals surface area contributed by atoms with Crippen LogP contribution in [0, 0.1) is 0 Å². The second-order valence-electron chi connectivity index (χ2n) is 5.92. The summed E-state index contributed by atoms with van der Waals surface area (Å²) in [5.74, 6) is 0. The number of rotatable bonds is 2. The summed E-state index contributed by atoms with van der Waals surface area (Å²) in [4.78, 5) is 14.0. The van der Waals surface area contributed by atoms with Gasteiger partial charge in [0.05, 0.1) is 13.2 Å². The van der Waals surface area contributed by atoms with E-state index >= 15 is 0 Å². The van der Waals surface area contributed by atoms with E-state index in [1.807, 2.05) is 32.9 Å². The lowest BCUT2D eigenvalue weighted by Crippen LogP contribution is -2.36. The van der Waals surface area contributed by atoms with Gasteiger partial charge in [0.1, 0.15) is 5.60 Å². The van der Waals surface area contributed by atoms with Crippen LogP contribution in [0.2, 0.25) is 5.02 Å². The number of hydrogen-bond acceptors (Lipinski definition) is 4. The van der Waals surface area contributed by atoms with Gasteiger partial charge in [-0.3, -0.25) is 5.32 Å². The summed E-state index contributed by atoms with van der Waals surface area (Å²) < 4.78 is 10.6. The molecule has 1 fully saturated rings. The zero-order chi connectivity index (χ0) is 15.5. The van der Waals surface area contributed by atoms with E-state index in [2.05, 4.69) is 10.2 Å². The number of halogens is 1. The van der Waals surface area contributed by atoms with Gasteiger partial charge >= 0.3 is 6.09 Å². The molecule has 0 radical (unpaired) electrons. The number of amides is 1. The number of nitrogens with zero attached hydrogens (tertiary/aromatic N) is 1. The molecule has 0 aromatic heterocycles. The van der Waals surface area contributed by atoms with E-state index in [0.29, 0.717) is 23.9 Å². The maximum Gasteiger partial charge on any atom is 0.412 e. The maximum atomic E-state index is 11.8. The molecule has 2 rings (SSSR count). The van der Waals surface area contributed by atoms with Crippen LogP contribution < -0.4 is 10.2 Å². The minimum absolute atomic E-state index is 0.488. The van der Waals surface area contributed by atoms with Crippen LogP contribution >= 0.6 is 11.6 Å². The van der Waals surface area contributed by atoms with Crippen molar-refractivity contribution in [2.75, 3.05) is 36.5 Å². The first-order chi connectivity index (χ1) is 9.83. The standard InChI is InChI=1S/C15H21ClN2O3/c1-15(2,3)21-14(19)17-12-8-11(16)9-13(10-12)18-4-6-20-7-5-18/h8-10H,4-7H2,1-3H3,(H,17,19). The van der Waals surface area contributed by atoms with Crippen LogP contribution in [0.15, 0.2) is 18.2 Å². The molecule has 0 saturated carbocycles. The first kappa shape index (κ1) is 15.9. The Balaban J connectivity index is 2.09. The van der Waals surface area contributed by atoms with Gasteiger partial charge in [-0.2, -0.15) is 0 Å². The zero-order valence-electron chi connectivity index (χ0n) is 12.6. The largest absolute Gasteiger partial charge is 0.444 e. The summed E-state index contributed by atoms with van der Waals surface area (Å²) in [5, 5.41) is 3.29. The van der Waals surface area contributed by atoms with E-state index in [0.717, 1.165) is 18.8 Å². The fraction of sp³-hybridized carbons (Fsp3) is 0.533. The maximum absolute atomic E-state index is 11.8. The Morgan fingerprint density at radius 2 is 1.95 bits per heavy atom. The summed E-state index contributed by atoms with van der Waals surface area (Å²) >= 11 is 6.14. The number of ether oxygens (including phenoxy) is 2. The molecule has 1 saturated heterocycles. The molecular weight excluding hydrogens is 292 g/mol. The molecular formula is C15H21ClN2O3. The van der Waals surface area contributed by atoms with E-state index in [9.17, 15) is 4.79 Å². The molecule has 1 N–H and O–H groups in total. The smallest absolute Gasteiger partial charge is 0.412 e. The molecule has 1 heterocycles. The quantitative estimate of drug-likeness (QED) is 0.907. The Bertz CT molecular complexity index is 508. The highest BCUT2D eigenvalue weighted by Gasteiger charge is 2.17. The molecule has 0 aliphatic carbocycles. The molecule has 1 aromatic rings.